The van der Waals surface area contributed by atoms with Crippen molar-refractivity contribution in [2.75, 3.05) is 11.4 Å². The Kier molecular flexibility index (Phi) is 3.57. The summed E-state index contributed by atoms with van der Waals surface area (Å²) >= 11 is 0. The Labute approximate surface area is 107 Å². The average molecular weight is 248 g/mol. The number of benzene rings is 1. The Morgan fingerprint density at radius 3 is 2.78 bits per heavy atom. The Morgan fingerprint density at radius 1 is 1.44 bits per heavy atom. The van der Waals surface area contributed by atoms with E-state index in [-0.39, 0.29) is 0 Å². The first-order chi connectivity index (χ1) is 8.50. The van der Waals surface area contributed by atoms with E-state index in [1.165, 1.54) is 11.3 Å². The van der Waals surface area contributed by atoms with Gasteiger partial charge in [-0.3, -0.25) is 4.79 Å². The number of hydrogen-bond donors (Lipinski definition) is 2. The Bertz CT molecular complexity index is 457. The molecule has 98 valence electrons. The van der Waals surface area contributed by atoms with Gasteiger partial charge in [-0.25, -0.2) is 0 Å². The van der Waals surface area contributed by atoms with Crippen molar-refractivity contribution in [1.82, 2.24) is 0 Å². The highest BCUT2D eigenvalue weighted by atomic mass is 16.4. The summed E-state index contributed by atoms with van der Waals surface area (Å²) < 4.78 is 0. The van der Waals surface area contributed by atoms with Gasteiger partial charge in [-0.2, -0.15) is 0 Å². The Balaban J connectivity index is 2.35. The highest BCUT2D eigenvalue weighted by Gasteiger charge is 2.21. The second-order valence-corrected chi connectivity index (χ2v) is 5.09. The van der Waals surface area contributed by atoms with Crippen molar-refractivity contribution in [2.45, 2.75) is 38.8 Å². The number of carbonyl (C=O) groups is 1. The summed E-state index contributed by atoms with van der Waals surface area (Å²) in [5.74, 6) is -0.980. The molecule has 0 radical (unpaired) electrons. The van der Waals surface area contributed by atoms with Crippen LogP contribution in [0, 0.1) is 0 Å². The molecule has 4 heteroatoms. The minimum atomic E-state index is -0.980. The average Bonchev–Trinajstić information content (AvgIpc) is 2.36. The second-order valence-electron chi connectivity index (χ2n) is 5.09. The molecule has 0 saturated carbocycles. The van der Waals surface area contributed by atoms with Gasteiger partial charge in [0, 0.05) is 18.3 Å². The molecular weight excluding hydrogens is 228 g/mol. The lowest BCUT2D eigenvalue weighted by atomic mass is 9.96. The summed E-state index contributed by atoms with van der Waals surface area (Å²) in [6, 6.07) is 5.32. The lowest BCUT2D eigenvalue weighted by molar-refractivity contribution is -0.138. The number of carboxylic acids is 1. The first-order valence-corrected chi connectivity index (χ1v) is 6.38. The van der Waals surface area contributed by atoms with Crippen LogP contribution < -0.4 is 10.6 Å². The number of aryl methyl sites for hydroxylation is 1. The summed E-state index contributed by atoms with van der Waals surface area (Å²) in [7, 11) is 0. The van der Waals surface area contributed by atoms with Crippen molar-refractivity contribution in [3.63, 3.8) is 0 Å². The number of rotatable bonds is 3. The van der Waals surface area contributed by atoms with Crippen LogP contribution in [-0.4, -0.2) is 23.7 Å². The second kappa shape index (κ2) is 4.98. The molecule has 0 spiro atoms. The number of nitrogens with two attached hydrogens (primary N) is 1. The maximum Gasteiger partial charge on any atom is 0.325 e. The summed E-state index contributed by atoms with van der Waals surface area (Å²) in [4.78, 5) is 13.3. The van der Waals surface area contributed by atoms with Gasteiger partial charge in [0.15, 0.2) is 0 Å². The van der Waals surface area contributed by atoms with E-state index in [1.54, 1.807) is 0 Å². The first-order valence-electron chi connectivity index (χ1n) is 6.38. The molecule has 1 atom stereocenters. The minimum absolute atomic E-state index is 0.461. The molecule has 1 aromatic carbocycles. The highest BCUT2D eigenvalue weighted by Crippen LogP contribution is 2.30. The molecule has 4 nitrogen and oxygen atoms in total. The van der Waals surface area contributed by atoms with Crippen LogP contribution >= 0.6 is 0 Å². The van der Waals surface area contributed by atoms with Gasteiger partial charge < -0.3 is 15.7 Å². The summed E-state index contributed by atoms with van der Waals surface area (Å²) in [5, 5.41) is 8.94. The molecule has 18 heavy (non-hydrogen) atoms. The van der Waals surface area contributed by atoms with Gasteiger partial charge in [0.1, 0.15) is 6.04 Å². The van der Waals surface area contributed by atoms with Crippen LogP contribution in [0.5, 0.6) is 0 Å². The van der Waals surface area contributed by atoms with E-state index in [2.05, 4.69) is 18.7 Å². The van der Waals surface area contributed by atoms with Crippen molar-refractivity contribution < 1.29 is 9.90 Å². The number of aliphatic carboxylic acids is 1. The van der Waals surface area contributed by atoms with E-state index >= 15 is 0 Å². The maximum absolute atomic E-state index is 10.9. The molecule has 1 aliphatic rings. The molecule has 1 aromatic rings. The molecule has 0 aliphatic carbocycles. The number of fused-ring (bicyclic) bond motifs is 1. The van der Waals surface area contributed by atoms with E-state index in [1.807, 2.05) is 18.2 Å². The molecule has 2 rings (SSSR count). The number of nitrogens with zero attached hydrogens (tertiary/aromatic N) is 1. The quantitative estimate of drug-likeness (QED) is 0.857. The highest BCUT2D eigenvalue weighted by molar-refractivity contribution is 5.76. The molecule has 0 bridgehead atoms. The lowest BCUT2D eigenvalue weighted by Gasteiger charge is -2.35. The SMILES string of the molecule is CC(C)N1CCCc2cc([C@H](N)C(=O)O)ccc21. The zero-order valence-electron chi connectivity index (χ0n) is 10.9. The molecule has 0 aromatic heterocycles. The third-order valence-electron chi connectivity index (χ3n) is 3.51. The molecule has 1 heterocycles. The van der Waals surface area contributed by atoms with Crippen LogP contribution in [0.15, 0.2) is 18.2 Å². The minimum Gasteiger partial charge on any atom is -0.480 e. The third-order valence-corrected chi connectivity index (χ3v) is 3.51. The zero-order chi connectivity index (χ0) is 13.3. The fourth-order valence-electron chi connectivity index (χ4n) is 2.52. The summed E-state index contributed by atoms with van der Waals surface area (Å²) in [6.07, 6.45) is 2.11. The van der Waals surface area contributed by atoms with Crippen molar-refractivity contribution in [3.8, 4) is 0 Å². The van der Waals surface area contributed by atoms with E-state index in [0.29, 0.717) is 11.6 Å². The van der Waals surface area contributed by atoms with Crippen molar-refractivity contribution >= 4 is 11.7 Å². The van der Waals surface area contributed by atoms with E-state index < -0.39 is 12.0 Å². The predicted octanol–water partition coefficient (Wildman–Crippen LogP) is 1.93. The smallest absolute Gasteiger partial charge is 0.325 e. The van der Waals surface area contributed by atoms with Gasteiger partial charge >= 0.3 is 5.97 Å². The Morgan fingerprint density at radius 2 is 2.17 bits per heavy atom. The number of hydrogen-bond acceptors (Lipinski definition) is 3. The fraction of sp³-hybridized carbons (Fsp3) is 0.500. The summed E-state index contributed by atoms with van der Waals surface area (Å²) in [6.45, 7) is 5.41. The number of anilines is 1. The standard InChI is InChI=1S/C14H20N2O2/c1-9(2)16-7-3-4-10-8-11(5-6-12(10)16)13(15)14(17)18/h5-6,8-9,13H,3-4,7,15H2,1-2H3,(H,17,18)/t13-/m0/s1. The molecule has 0 saturated heterocycles. The normalized spacial score (nSPS) is 16.6. The summed E-state index contributed by atoms with van der Waals surface area (Å²) in [5.41, 5.74) is 8.77. The fourth-order valence-corrected chi connectivity index (χ4v) is 2.52. The molecule has 3 N–H and O–H groups in total. The molecule has 1 aliphatic heterocycles. The van der Waals surface area contributed by atoms with Gasteiger partial charge in [0.25, 0.3) is 0 Å². The maximum atomic E-state index is 10.9. The molecular formula is C14H20N2O2. The van der Waals surface area contributed by atoms with Crippen molar-refractivity contribution in [3.05, 3.63) is 29.3 Å². The van der Waals surface area contributed by atoms with Crippen LogP contribution in [-0.2, 0) is 11.2 Å². The van der Waals surface area contributed by atoms with E-state index in [4.69, 9.17) is 10.8 Å². The topological polar surface area (TPSA) is 66.6 Å². The van der Waals surface area contributed by atoms with Crippen LogP contribution in [0.3, 0.4) is 0 Å². The first kappa shape index (κ1) is 12.9. The zero-order valence-corrected chi connectivity index (χ0v) is 10.9. The van der Waals surface area contributed by atoms with Crippen LogP contribution in [0.2, 0.25) is 0 Å². The number of carboxylic acid groups (broad SMARTS) is 1. The lowest BCUT2D eigenvalue weighted by Crippen LogP contribution is -2.35. The molecule has 0 unspecified atom stereocenters. The largest absolute Gasteiger partial charge is 0.480 e. The van der Waals surface area contributed by atoms with Gasteiger partial charge in [0.2, 0.25) is 0 Å². The predicted molar refractivity (Wildman–Crippen MR) is 71.8 cm³/mol. The monoisotopic (exact) mass is 248 g/mol. The van der Waals surface area contributed by atoms with Crippen molar-refractivity contribution in [2.24, 2.45) is 5.73 Å². The van der Waals surface area contributed by atoms with Crippen molar-refractivity contribution in [1.29, 1.82) is 0 Å². The Hall–Kier alpha value is -1.55. The van der Waals surface area contributed by atoms with Crippen LogP contribution in [0.1, 0.15) is 37.4 Å². The van der Waals surface area contributed by atoms with E-state index in [9.17, 15) is 4.79 Å². The van der Waals surface area contributed by atoms with Gasteiger partial charge in [-0.05, 0) is 43.9 Å². The van der Waals surface area contributed by atoms with Gasteiger partial charge in [-0.1, -0.05) is 12.1 Å². The van der Waals surface area contributed by atoms with Crippen LogP contribution in [0.25, 0.3) is 0 Å². The van der Waals surface area contributed by atoms with Crippen LogP contribution in [0.4, 0.5) is 5.69 Å². The third kappa shape index (κ3) is 2.34. The molecule has 0 fully saturated rings. The van der Waals surface area contributed by atoms with E-state index in [0.717, 1.165) is 19.4 Å². The van der Waals surface area contributed by atoms with Gasteiger partial charge in [-0.15, -0.1) is 0 Å². The van der Waals surface area contributed by atoms with Gasteiger partial charge in [0.05, 0.1) is 0 Å². The molecule has 0 amide bonds.